The molecule has 0 spiro atoms. The Bertz CT molecular complexity index is 4070. The van der Waals surface area contributed by atoms with Crippen molar-refractivity contribution in [2.24, 2.45) is 0 Å². The molecule has 0 aliphatic heterocycles. The van der Waals surface area contributed by atoms with Crippen LogP contribution in [0.15, 0.2) is 291 Å². The monoisotopic (exact) mass is 916 g/mol. The highest BCUT2D eigenvalue weighted by molar-refractivity contribution is 6.16. The summed E-state index contributed by atoms with van der Waals surface area (Å²) in [7, 11) is 0. The van der Waals surface area contributed by atoms with Gasteiger partial charge in [-0.3, -0.25) is 0 Å². The number of para-hydroxylation sites is 2. The Morgan fingerprint density at radius 3 is 1.42 bits per heavy atom. The fourth-order valence-corrected chi connectivity index (χ4v) is 11.0. The Labute approximate surface area is 420 Å². The SMILES string of the molecule is c1ccc(-c2ccccc2-c2c(-c3ccccc3)cccc2-c2cccc(N(c3ccc(-c4cccc5ccccc45)cc3)c3cccc(-c4cccc5c4c4ccccc4n5-c4ccccc4)c3)c2)cc1. The smallest absolute Gasteiger partial charge is 0.0547 e. The van der Waals surface area contributed by atoms with Gasteiger partial charge in [-0.25, -0.2) is 0 Å². The van der Waals surface area contributed by atoms with E-state index in [1.165, 1.54) is 88.2 Å². The van der Waals surface area contributed by atoms with Gasteiger partial charge in [0.25, 0.3) is 0 Å². The Morgan fingerprint density at radius 2 is 0.694 bits per heavy atom. The van der Waals surface area contributed by atoms with Crippen molar-refractivity contribution in [3.8, 4) is 72.4 Å². The van der Waals surface area contributed by atoms with Crippen LogP contribution in [0.3, 0.4) is 0 Å². The van der Waals surface area contributed by atoms with Crippen LogP contribution >= 0.6 is 0 Å². The number of benzene rings is 12. The minimum atomic E-state index is 1.06. The van der Waals surface area contributed by atoms with Crippen molar-refractivity contribution in [1.29, 1.82) is 0 Å². The van der Waals surface area contributed by atoms with Crippen LogP contribution in [0.1, 0.15) is 0 Å². The normalized spacial score (nSPS) is 11.3. The van der Waals surface area contributed by atoms with E-state index in [0.29, 0.717) is 0 Å². The van der Waals surface area contributed by atoms with Gasteiger partial charge < -0.3 is 9.47 Å². The quantitative estimate of drug-likeness (QED) is 0.133. The minimum absolute atomic E-state index is 1.06. The molecule has 0 aliphatic carbocycles. The molecular weight excluding hydrogens is 869 g/mol. The molecule has 1 heterocycles. The molecule has 13 aromatic rings. The number of fused-ring (bicyclic) bond motifs is 4. The second-order valence-corrected chi connectivity index (χ2v) is 18.4. The number of anilines is 3. The lowest BCUT2D eigenvalue weighted by Gasteiger charge is -2.27. The molecule has 1 aromatic heterocycles. The average Bonchev–Trinajstić information content (AvgIpc) is 3.81. The molecular formula is C70H48N2. The first-order valence-electron chi connectivity index (χ1n) is 24.8. The van der Waals surface area contributed by atoms with Gasteiger partial charge in [0, 0.05) is 33.5 Å². The first-order chi connectivity index (χ1) is 35.7. The maximum Gasteiger partial charge on any atom is 0.0547 e. The third kappa shape index (κ3) is 7.63. The Kier molecular flexibility index (Phi) is 10.9. The van der Waals surface area contributed by atoms with E-state index >= 15 is 0 Å². The summed E-state index contributed by atoms with van der Waals surface area (Å²) >= 11 is 0. The lowest BCUT2D eigenvalue weighted by molar-refractivity contribution is 1.18. The first kappa shape index (κ1) is 42.6. The van der Waals surface area contributed by atoms with Crippen LogP contribution in [0.25, 0.3) is 105 Å². The van der Waals surface area contributed by atoms with Gasteiger partial charge in [-0.15, -0.1) is 0 Å². The topological polar surface area (TPSA) is 8.17 Å². The van der Waals surface area contributed by atoms with Crippen LogP contribution in [0.5, 0.6) is 0 Å². The molecule has 0 atom stereocenters. The Hall–Kier alpha value is -9.50. The summed E-state index contributed by atoms with van der Waals surface area (Å²) in [6, 6.07) is 106. The summed E-state index contributed by atoms with van der Waals surface area (Å²) in [5.41, 5.74) is 20.9. The van der Waals surface area contributed by atoms with Crippen molar-refractivity contribution in [1.82, 2.24) is 4.57 Å². The summed E-state index contributed by atoms with van der Waals surface area (Å²) in [4.78, 5) is 2.42. The third-order valence-corrected chi connectivity index (χ3v) is 14.2. The second-order valence-electron chi connectivity index (χ2n) is 18.4. The zero-order chi connectivity index (χ0) is 47.8. The number of hydrogen-bond donors (Lipinski definition) is 0. The van der Waals surface area contributed by atoms with Crippen molar-refractivity contribution in [2.75, 3.05) is 4.90 Å². The van der Waals surface area contributed by atoms with Crippen molar-refractivity contribution < 1.29 is 0 Å². The summed E-state index contributed by atoms with van der Waals surface area (Å²) in [5, 5.41) is 4.95. The third-order valence-electron chi connectivity index (χ3n) is 14.2. The lowest BCUT2D eigenvalue weighted by Crippen LogP contribution is -2.10. The fourth-order valence-electron chi connectivity index (χ4n) is 11.0. The molecule has 0 radical (unpaired) electrons. The summed E-state index contributed by atoms with van der Waals surface area (Å²) in [6.07, 6.45) is 0. The molecule has 2 nitrogen and oxygen atoms in total. The van der Waals surface area contributed by atoms with Gasteiger partial charge >= 0.3 is 0 Å². The van der Waals surface area contributed by atoms with E-state index in [1.54, 1.807) is 0 Å². The Morgan fingerprint density at radius 1 is 0.250 bits per heavy atom. The molecule has 0 saturated heterocycles. The predicted octanol–water partition coefficient (Wildman–Crippen LogP) is 19.4. The molecule has 12 aromatic carbocycles. The average molecular weight is 917 g/mol. The molecule has 0 amide bonds. The van der Waals surface area contributed by atoms with Crippen LogP contribution in [-0.2, 0) is 0 Å². The predicted molar refractivity (Wildman–Crippen MR) is 306 cm³/mol. The number of rotatable bonds is 10. The molecule has 72 heavy (non-hydrogen) atoms. The molecule has 0 bridgehead atoms. The molecule has 338 valence electrons. The van der Waals surface area contributed by atoms with Gasteiger partial charge in [0.1, 0.15) is 0 Å². The van der Waals surface area contributed by atoms with E-state index < -0.39 is 0 Å². The fraction of sp³-hybridized carbons (Fsp3) is 0. The summed E-state index contributed by atoms with van der Waals surface area (Å²) in [6.45, 7) is 0. The van der Waals surface area contributed by atoms with Crippen LogP contribution < -0.4 is 4.90 Å². The van der Waals surface area contributed by atoms with Gasteiger partial charge in [-0.2, -0.15) is 0 Å². The number of nitrogens with zero attached hydrogens (tertiary/aromatic N) is 2. The first-order valence-corrected chi connectivity index (χ1v) is 24.8. The zero-order valence-electron chi connectivity index (χ0n) is 39.6. The van der Waals surface area contributed by atoms with Crippen molar-refractivity contribution >= 4 is 49.6 Å². The van der Waals surface area contributed by atoms with E-state index in [0.717, 1.165) is 33.9 Å². The van der Waals surface area contributed by atoms with Crippen molar-refractivity contribution in [3.63, 3.8) is 0 Å². The van der Waals surface area contributed by atoms with Crippen LogP contribution in [0.2, 0.25) is 0 Å². The maximum atomic E-state index is 2.42. The van der Waals surface area contributed by atoms with Crippen LogP contribution in [-0.4, -0.2) is 4.57 Å². The van der Waals surface area contributed by atoms with Crippen molar-refractivity contribution in [2.45, 2.75) is 0 Å². The molecule has 13 rings (SSSR count). The molecule has 0 unspecified atom stereocenters. The van der Waals surface area contributed by atoms with Gasteiger partial charge in [0.2, 0.25) is 0 Å². The van der Waals surface area contributed by atoms with E-state index in [2.05, 4.69) is 301 Å². The second kappa shape index (κ2) is 18.4. The highest BCUT2D eigenvalue weighted by atomic mass is 15.1. The summed E-state index contributed by atoms with van der Waals surface area (Å²) in [5.74, 6) is 0. The van der Waals surface area contributed by atoms with Crippen molar-refractivity contribution in [3.05, 3.63) is 291 Å². The van der Waals surface area contributed by atoms with E-state index in [1.807, 2.05) is 0 Å². The van der Waals surface area contributed by atoms with Gasteiger partial charge in [0.05, 0.1) is 11.0 Å². The van der Waals surface area contributed by atoms with Gasteiger partial charge in [0.15, 0.2) is 0 Å². The molecule has 0 fully saturated rings. The summed E-state index contributed by atoms with van der Waals surface area (Å²) < 4.78 is 2.40. The molecule has 0 aliphatic rings. The minimum Gasteiger partial charge on any atom is -0.310 e. The molecule has 0 N–H and O–H groups in total. The van der Waals surface area contributed by atoms with Gasteiger partial charge in [-0.05, 0) is 138 Å². The molecule has 2 heteroatoms. The Balaban J connectivity index is 1.00. The van der Waals surface area contributed by atoms with Crippen LogP contribution in [0, 0.1) is 0 Å². The number of hydrogen-bond acceptors (Lipinski definition) is 1. The largest absolute Gasteiger partial charge is 0.310 e. The van der Waals surface area contributed by atoms with Gasteiger partial charge in [-0.1, -0.05) is 231 Å². The zero-order valence-corrected chi connectivity index (χ0v) is 39.6. The maximum absolute atomic E-state index is 2.42. The van der Waals surface area contributed by atoms with E-state index in [9.17, 15) is 0 Å². The molecule has 0 saturated carbocycles. The van der Waals surface area contributed by atoms with E-state index in [-0.39, 0.29) is 0 Å². The highest BCUT2D eigenvalue weighted by Crippen LogP contribution is 2.47. The van der Waals surface area contributed by atoms with E-state index in [4.69, 9.17) is 0 Å². The standard InChI is InChI=1S/C70H48N2/c1-4-21-49(22-5-1)61-34-12-13-35-65(61)69-62(51-23-6-2-7-24-51)38-19-39-63(69)53-27-16-31-57(47-53)71(56-45-43-52(44-46-56)60-37-18-26-50-25-10-11-33-59(50)60)58-32-17-28-54(48-58)64-40-20-42-68-70(64)66-36-14-15-41-67(66)72(68)55-29-8-3-9-30-55/h1-48H. The van der Waals surface area contributed by atoms with Crippen LogP contribution in [0.4, 0.5) is 17.1 Å². The highest BCUT2D eigenvalue weighted by Gasteiger charge is 2.22. The lowest BCUT2D eigenvalue weighted by atomic mass is 9.84. The number of aromatic nitrogens is 1.